The van der Waals surface area contributed by atoms with E-state index in [0.717, 1.165) is 23.9 Å². The average Bonchev–Trinajstić information content (AvgIpc) is 3.20. The van der Waals surface area contributed by atoms with Crippen LogP contribution < -0.4 is 10.1 Å². The number of halogens is 2. The molecular formula is C22H23F2N5O4S. The predicted molar refractivity (Wildman–Crippen MR) is 123 cm³/mol. The lowest BCUT2D eigenvalue weighted by molar-refractivity contribution is -0.387. The third kappa shape index (κ3) is 5.68. The van der Waals surface area contributed by atoms with Crippen molar-refractivity contribution < 1.29 is 23.2 Å². The lowest BCUT2D eigenvalue weighted by Gasteiger charge is -2.20. The molecule has 0 aliphatic rings. The number of nitrogens with one attached hydrogen (secondary N) is 1. The monoisotopic (exact) mass is 491 g/mol. The fourth-order valence-corrected chi connectivity index (χ4v) is 4.09. The Labute approximate surface area is 198 Å². The summed E-state index contributed by atoms with van der Waals surface area (Å²) in [6.45, 7) is 7.18. The molecule has 2 aromatic carbocycles. The summed E-state index contributed by atoms with van der Waals surface area (Å²) in [5.74, 6) is -1.40. The van der Waals surface area contributed by atoms with Gasteiger partial charge in [0.05, 0.1) is 10.2 Å². The second-order valence-electron chi connectivity index (χ2n) is 7.67. The van der Waals surface area contributed by atoms with Crippen molar-refractivity contribution in [1.82, 2.24) is 14.8 Å². The Morgan fingerprint density at radius 3 is 2.47 bits per heavy atom. The summed E-state index contributed by atoms with van der Waals surface area (Å²) < 4.78 is 35.1. The molecule has 0 aliphatic heterocycles. The largest absolute Gasteiger partial charge is 0.480 e. The van der Waals surface area contributed by atoms with Crippen LogP contribution in [0.1, 0.15) is 45.7 Å². The van der Waals surface area contributed by atoms with Gasteiger partial charge >= 0.3 is 5.69 Å². The fourth-order valence-electron chi connectivity index (χ4n) is 3.10. The highest BCUT2D eigenvalue weighted by atomic mass is 32.2. The number of hydrogen-bond donors (Lipinski definition) is 1. The number of nitro groups is 1. The van der Waals surface area contributed by atoms with Crippen molar-refractivity contribution in [1.29, 1.82) is 0 Å². The van der Waals surface area contributed by atoms with E-state index in [2.05, 4.69) is 15.5 Å². The first kappa shape index (κ1) is 25.1. The number of ether oxygens (including phenoxy) is 1. The molecule has 0 bridgehead atoms. The second kappa shape index (κ2) is 10.6. The zero-order valence-corrected chi connectivity index (χ0v) is 19.7. The molecule has 1 aromatic heterocycles. The Morgan fingerprint density at radius 1 is 1.12 bits per heavy atom. The molecule has 0 aliphatic carbocycles. The van der Waals surface area contributed by atoms with Gasteiger partial charge in [-0.1, -0.05) is 23.9 Å². The number of hydrogen-bond acceptors (Lipinski definition) is 7. The van der Waals surface area contributed by atoms with E-state index >= 15 is 0 Å². The van der Waals surface area contributed by atoms with E-state index in [-0.39, 0.29) is 17.5 Å². The summed E-state index contributed by atoms with van der Waals surface area (Å²) in [6.07, 6.45) is -0.620. The van der Waals surface area contributed by atoms with Crippen molar-refractivity contribution in [3.05, 3.63) is 70.0 Å². The van der Waals surface area contributed by atoms with Crippen molar-refractivity contribution in [3.63, 3.8) is 0 Å². The highest BCUT2D eigenvalue weighted by Crippen LogP contribution is 2.31. The van der Waals surface area contributed by atoms with Crippen LogP contribution in [0.2, 0.25) is 0 Å². The molecule has 2 atom stereocenters. The minimum atomic E-state index is -0.991. The van der Waals surface area contributed by atoms with E-state index < -0.39 is 39.5 Å². The number of nitrogens with zero attached hydrogens (tertiary/aromatic N) is 4. The van der Waals surface area contributed by atoms with Gasteiger partial charge in [0.15, 0.2) is 28.7 Å². The molecule has 0 spiro atoms. The number of para-hydroxylation sites is 1. The number of benzene rings is 2. The Bertz CT molecular complexity index is 1200. The minimum absolute atomic E-state index is 0.0867. The van der Waals surface area contributed by atoms with Gasteiger partial charge in [-0.15, -0.1) is 10.2 Å². The Balaban J connectivity index is 1.75. The number of nitro benzene ring substituents is 1. The van der Waals surface area contributed by atoms with E-state index in [1.54, 1.807) is 30.5 Å². The topological polar surface area (TPSA) is 112 Å². The van der Waals surface area contributed by atoms with Crippen LogP contribution in [-0.2, 0) is 4.79 Å². The number of rotatable bonds is 9. The van der Waals surface area contributed by atoms with E-state index in [0.29, 0.717) is 11.0 Å². The second-order valence-corrected chi connectivity index (χ2v) is 8.98. The standard InChI is InChI=1S/C22H23F2N5O4S/c1-12(2)28-20(13(3)33-19-8-6-5-7-17(19)24)26-27-22(28)34-14(4)21(30)25-15-9-10-16(23)18(11-15)29(31)32/h5-14H,1-4H3,(H,25,30). The molecule has 0 saturated heterocycles. The Hall–Kier alpha value is -3.54. The van der Waals surface area contributed by atoms with Gasteiger partial charge < -0.3 is 14.6 Å². The summed E-state index contributed by atoms with van der Waals surface area (Å²) in [5, 5.41) is 21.6. The van der Waals surface area contributed by atoms with E-state index in [1.165, 1.54) is 18.2 Å². The van der Waals surface area contributed by atoms with Crippen LogP contribution in [0.15, 0.2) is 47.6 Å². The van der Waals surface area contributed by atoms with Crippen molar-refractivity contribution >= 4 is 29.0 Å². The normalized spacial score (nSPS) is 12.9. The molecule has 2 unspecified atom stereocenters. The van der Waals surface area contributed by atoms with Crippen molar-refractivity contribution in [2.45, 2.75) is 50.2 Å². The summed E-state index contributed by atoms with van der Waals surface area (Å²) in [4.78, 5) is 22.7. The highest BCUT2D eigenvalue weighted by molar-refractivity contribution is 8.00. The molecule has 3 rings (SSSR count). The summed E-state index contributed by atoms with van der Waals surface area (Å²) in [6, 6.07) is 9.08. The molecule has 1 amide bonds. The van der Waals surface area contributed by atoms with Gasteiger partial charge in [0.1, 0.15) is 0 Å². The highest BCUT2D eigenvalue weighted by Gasteiger charge is 2.26. The maximum absolute atomic E-state index is 14.0. The zero-order chi connectivity index (χ0) is 25.0. The number of aromatic nitrogens is 3. The van der Waals surface area contributed by atoms with E-state index in [1.807, 2.05) is 13.8 Å². The number of carbonyl (C=O) groups excluding carboxylic acids is 1. The number of carbonyl (C=O) groups is 1. The van der Waals surface area contributed by atoms with Crippen LogP contribution in [0.25, 0.3) is 0 Å². The number of anilines is 1. The summed E-state index contributed by atoms with van der Waals surface area (Å²) in [5.41, 5.74) is -0.630. The van der Waals surface area contributed by atoms with Crippen molar-refractivity contribution in [2.24, 2.45) is 0 Å². The van der Waals surface area contributed by atoms with Gasteiger partial charge in [-0.05, 0) is 52.0 Å². The first-order valence-corrected chi connectivity index (χ1v) is 11.2. The lowest BCUT2D eigenvalue weighted by atomic mass is 10.2. The van der Waals surface area contributed by atoms with Gasteiger partial charge in [-0.25, -0.2) is 4.39 Å². The van der Waals surface area contributed by atoms with Crippen molar-refractivity contribution in [3.8, 4) is 5.75 Å². The molecule has 180 valence electrons. The predicted octanol–water partition coefficient (Wildman–Crippen LogP) is 5.30. The molecule has 0 radical (unpaired) electrons. The third-order valence-electron chi connectivity index (χ3n) is 4.77. The van der Waals surface area contributed by atoms with Gasteiger partial charge in [-0.2, -0.15) is 4.39 Å². The molecule has 12 heteroatoms. The minimum Gasteiger partial charge on any atom is -0.480 e. The van der Waals surface area contributed by atoms with Gasteiger partial charge in [0.25, 0.3) is 0 Å². The van der Waals surface area contributed by atoms with Crippen LogP contribution in [0.3, 0.4) is 0 Å². The lowest BCUT2D eigenvalue weighted by Crippen LogP contribution is -2.23. The molecule has 1 heterocycles. The number of thioether (sulfide) groups is 1. The smallest absolute Gasteiger partial charge is 0.306 e. The van der Waals surface area contributed by atoms with Gasteiger partial charge in [-0.3, -0.25) is 14.9 Å². The molecule has 1 N–H and O–H groups in total. The first-order valence-electron chi connectivity index (χ1n) is 10.4. The maximum Gasteiger partial charge on any atom is 0.306 e. The number of amides is 1. The zero-order valence-electron chi connectivity index (χ0n) is 18.9. The van der Waals surface area contributed by atoms with Crippen LogP contribution >= 0.6 is 11.8 Å². The summed E-state index contributed by atoms with van der Waals surface area (Å²) in [7, 11) is 0. The van der Waals surface area contributed by atoms with E-state index in [4.69, 9.17) is 4.74 Å². The first-order chi connectivity index (χ1) is 16.1. The molecule has 0 saturated carbocycles. The Kier molecular flexibility index (Phi) is 7.82. The fraction of sp³-hybridized carbons (Fsp3) is 0.318. The van der Waals surface area contributed by atoms with Crippen LogP contribution in [0, 0.1) is 21.7 Å². The van der Waals surface area contributed by atoms with Gasteiger partial charge in [0.2, 0.25) is 11.7 Å². The quantitative estimate of drug-likeness (QED) is 0.245. The van der Waals surface area contributed by atoms with Crippen molar-refractivity contribution in [2.75, 3.05) is 5.32 Å². The van der Waals surface area contributed by atoms with Crippen LogP contribution in [-0.4, -0.2) is 30.8 Å². The van der Waals surface area contributed by atoms with Crippen LogP contribution in [0.5, 0.6) is 5.75 Å². The molecule has 0 fully saturated rings. The molecular weight excluding hydrogens is 468 g/mol. The average molecular weight is 492 g/mol. The molecule has 3 aromatic rings. The summed E-state index contributed by atoms with van der Waals surface area (Å²) >= 11 is 1.13. The SMILES string of the molecule is CC(Sc1nnc(C(C)Oc2ccccc2F)n1C(C)C)C(=O)Nc1ccc(F)c([N+](=O)[O-])c1. The van der Waals surface area contributed by atoms with Gasteiger partial charge in [0, 0.05) is 17.8 Å². The van der Waals surface area contributed by atoms with Crippen LogP contribution in [0.4, 0.5) is 20.2 Å². The maximum atomic E-state index is 14.0. The molecule has 9 nitrogen and oxygen atoms in total. The van der Waals surface area contributed by atoms with E-state index in [9.17, 15) is 23.7 Å². The third-order valence-corrected chi connectivity index (χ3v) is 5.83. The Morgan fingerprint density at radius 2 is 1.82 bits per heavy atom. The molecule has 34 heavy (non-hydrogen) atoms.